The number of hydrogen-bond acceptors (Lipinski definition) is 5. The third-order valence-corrected chi connectivity index (χ3v) is 3.34. The molecule has 1 fully saturated rings. The number of nitrogens with zero attached hydrogens (tertiary/aromatic N) is 3. The van der Waals surface area contributed by atoms with E-state index in [1.54, 1.807) is 18.6 Å². The minimum atomic E-state index is 0.282. The van der Waals surface area contributed by atoms with E-state index in [9.17, 15) is 0 Å². The van der Waals surface area contributed by atoms with Crippen molar-refractivity contribution in [3.8, 4) is 0 Å². The van der Waals surface area contributed by atoms with Crippen LogP contribution in [0.3, 0.4) is 0 Å². The number of hydrogen-bond donors (Lipinski definition) is 1. The van der Waals surface area contributed by atoms with E-state index in [-0.39, 0.29) is 6.04 Å². The number of aromatic nitrogens is 3. The highest BCUT2D eigenvalue weighted by Gasteiger charge is 2.28. The molecule has 0 spiro atoms. The van der Waals surface area contributed by atoms with Gasteiger partial charge >= 0.3 is 0 Å². The maximum absolute atomic E-state index is 5.59. The molecule has 3 rings (SSSR count). The van der Waals surface area contributed by atoms with Crippen molar-refractivity contribution in [2.75, 3.05) is 18.5 Å². The van der Waals surface area contributed by atoms with Crippen LogP contribution >= 0.6 is 0 Å². The number of pyridine rings is 1. The summed E-state index contributed by atoms with van der Waals surface area (Å²) in [5.41, 5.74) is 1.29. The monoisotopic (exact) mass is 256 g/mol. The molecule has 0 amide bonds. The largest absolute Gasteiger partial charge is 0.379 e. The first kappa shape index (κ1) is 12.0. The Balaban J connectivity index is 1.65. The van der Waals surface area contributed by atoms with Crippen molar-refractivity contribution in [3.05, 3.63) is 48.7 Å². The fourth-order valence-electron chi connectivity index (χ4n) is 2.34. The highest BCUT2D eigenvalue weighted by atomic mass is 16.5. The summed E-state index contributed by atoms with van der Waals surface area (Å²) in [6.45, 7) is 1.49. The van der Waals surface area contributed by atoms with Gasteiger partial charge in [0.15, 0.2) is 0 Å². The summed E-state index contributed by atoms with van der Waals surface area (Å²) in [4.78, 5) is 12.3. The van der Waals surface area contributed by atoms with Gasteiger partial charge in [-0.2, -0.15) is 0 Å². The Hall–Kier alpha value is -2.01. The minimum absolute atomic E-state index is 0.282. The van der Waals surface area contributed by atoms with Crippen LogP contribution < -0.4 is 5.32 Å². The smallest absolute Gasteiger partial charge is 0.144 e. The summed E-state index contributed by atoms with van der Waals surface area (Å²) in [5, 5.41) is 3.40. The van der Waals surface area contributed by atoms with E-state index in [0.717, 1.165) is 18.8 Å². The van der Waals surface area contributed by atoms with E-state index in [1.807, 2.05) is 12.4 Å². The van der Waals surface area contributed by atoms with Crippen LogP contribution in [-0.2, 0) is 11.2 Å². The van der Waals surface area contributed by atoms with Crippen LogP contribution in [0.2, 0.25) is 0 Å². The van der Waals surface area contributed by atoms with Gasteiger partial charge in [-0.15, -0.1) is 0 Å². The Morgan fingerprint density at radius 1 is 1.11 bits per heavy atom. The molecule has 0 radical (unpaired) electrons. The molecule has 0 saturated carbocycles. The lowest BCUT2D eigenvalue weighted by Gasteiger charge is -2.19. The lowest BCUT2D eigenvalue weighted by molar-refractivity contribution is 0.185. The Kier molecular flexibility index (Phi) is 3.65. The SMILES string of the molecule is c1cc(C[C@@H]2COC[C@H]2Nc2cnccn2)ccn1. The minimum Gasteiger partial charge on any atom is -0.379 e. The lowest BCUT2D eigenvalue weighted by atomic mass is 9.95. The molecule has 1 aliphatic rings. The second kappa shape index (κ2) is 5.75. The highest BCUT2D eigenvalue weighted by Crippen LogP contribution is 2.21. The van der Waals surface area contributed by atoms with Gasteiger partial charge < -0.3 is 10.1 Å². The molecule has 98 valence electrons. The first-order valence-electron chi connectivity index (χ1n) is 6.41. The summed E-state index contributed by atoms with van der Waals surface area (Å²) in [5.74, 6) is 1.25. The van der Waals surface area contributed by atoms with E-state index >= 15 is 0 Å². The van der Waals surface area contributed by atoms with E-state index < -0.39 is 0 Å². The second-order valence-corrected chi connectivity index (χ2v) is 4.70. The molecule has 19 heavy (non-hydrogen) atoms. The Labute approximate surface area is 112 Å². The standard InChI is InChI=1S/C14H16N4O/c1-3-15-4-2-11(1)7-12-9-19-10-13(12)18-14-8-16-5-6-17-14/h1-6,8,12-13H,7,9-10H2,(H,17,18)/t12-,13-/m1/s1. The number of anilines is 1. The van der Waals surface area contributed by atoms with Crippen molar-refractivity contribution in [2.24, 2.45) is 5.92 Å². The fourth-order valence-corrected chi connectivity index (χ4v) is 2.34. The second-order valence-electron chi connectivity index (χ2n) is 4.70. The Morgan fingerprint density at radius 2 is 2.00 bits per heavy atom. The Bertz CT molecular complexity index is 458. The van der Waals surface area contributed by atoms with Gasteiger partial charge in [-0.25, -0.2) is 4.98 Å². The average Bonchev–Trinajstić information content (AvgIpc) is 2.88. The predicted octanol–water partition coefficient (Wildman–Crippen LogP) is 1.54. The van der Waals surface area contributed by atoms with Crippen LogP contribution in [0.5, 0.6) is 0 Å². The molecule has 0 bridgehead atoms. The molecule has 1 saturated heterocycles. The van der Waals surface area contributed by atoms with Gasteiger partial charge in [0.05, 0.1) is 25.5 Å². The molecular formula is C14H16N4O. The Morgan fingerprint density at radius 3 is 2.79 bits per heavy atom. The van der Waals surface area contributed by atoms with Gasteiger partial charge in [-0.1, -0.05) is 0 Å². The van der Waals surface area contributed by atoms with E-state index in [0.29, 0.717) is 12.5 Å². The van der Waals surface area contributed by atoms with Crippen molar-refractivity contribution < 1.29 is 4.74 Å². The van der Waals surface area contributed by atoms with Crippen molar-refractivity contribution in [1.82, 2.24) is 15.0 Å². The van der Waals surface area contributed by atoms with Crippen molar-refractivity contribution in [3.63, 3.8) is 0 Å². The maximum Gasteiger partial charge on any atom is 0.144 e. The van der Waals surface area contributed by atoms with E-state index in [4.69, 9.17) is 4.74 Å². The van der Waals surface area contributed by atoms with Gasteiger partial charge in [0.1, 0.15) is 5.82 Å². The van der Waals surface area contributed by atoms with Gasteiger partial charge in [0, 0.05) is 30.7 Å². The van der Waals surface area contributed by atoms with Crippen LogP contribution in [0, 0.1) is 5.92 Å². The van der Waals surface area contributed by atoms with Gasteiger partial charge in [-0.05, 0) is 24.1 Å². The first-order valence-corrected chi connectivity index (χ1v) is 6.41. The predicted molar refractivity (Wildman–Crippen MR) is 71.7 cm³/mol. The number of rotatable bonds is 4. The summed E-state index contributed by atoms with van der Waals surface area (Å²) >= 11 is 0. The van der Waals surface area contributed by atoms with Crippen molar-refractivity contribution in [1.29, 1.82) is 0 Å². The normalized spacial score (nSPS) is 22.3. The molecule has 2 aromatic rings. The topological polar surface area (TPSA) is 59.9 Å². The fraction of sp³-hybridized carbons (Fsp3) is 0.357. The third kappa shape index (κ3) is 3.06. The van der Waals surface area contributed by atoms with Crippen LogP contribution in [0.1, 0.15) is 5.56 Å². The molecule has 2 aromatic heterocycles. The lowest BCUT2D eigenvalue weighted by Crippen LogP contribution is -2.29. The molecule has 3 heterocycles. The summed E-state index contributed by atoms with van der Waals surface area (Å²) in [6.07, 6.45) is 9.75. The summed E-state index contributed by atoms with van der Waals surface area (Å²) in [6, 6.07) is 4.39. The van der Waals surface area contributed by atoms with E-state index in [1.165, 1.54) is 5.56 Å². The molecule has 0 aromatic carbocycles. The summed E-state index contributed by atoms with van der Waals surface area (Å²) < 4.78 is 5.59. The molecule has 0 unspecified atom stereocenters. The number of nitrogens with one attached hydrogen (secondary N) is 1. The van der Waals surface area contributed by atoms with Gasteiger partial charge in [0.2, 0.25) is 0 Å². The third-order valence-electron chi connectivity index (χ3n) is 3.34. The van der Waals surface area contributed by atoms with Crippen LogP contribution in [-0.4, -0.2) is 34.2 Å². The van der Waals surface area contributed by atoms with Crippen LogP contribution in [0.4, 0.5) is 5.82 Å². The first-order chi connectivity index (χ1) is 9.42. The molecule has 5 heteroatoms. The zero-order chi connectivity index (χ0) is 12.9. The van der Waals surface area contributed by atoms with Gasteiger partial charge in [0.25, 0.3) is 0 Å². The summed E-state index contributed by atoms with van der Waals surface area (Å²) in [7, 11) is 0. The average molecular weight is 256 g/mol. The van der Waals surface area contributed by atoms with Crippen LogP contribution in [0.25, 0.3) is 0 Å². The van der Waals surface area contributed by atoms with Crippen molar-refractivity contribution >= 4 is 5.82 Å². The zero-order valence-electron chi connectivity index (χ0n) is 10.6. The van der Waals surface area contributed by atoms with E-state index in [2.05, 4.69) is 32.4 Å². The molecule has 0 aliphatic carbocycles. The molecule has 1 N–H and O–H groups in total. The number of ether oxygens (including phenoxy) is 1. The molecule has 5 nitrogen and oxygen atoms in total. The molecule has 2 atom stereocenters. The quantitative estimate of drug-likeness (QED) is 0.899. The van der Waals surface area contributed by atoms with Crippen LogP contribution in [0.15, 0.2) is 43.1 Å². The zero-order valence-corrected chi connectivity index (χ0v) is 10.6. The highest BCUT2D eigenvalue weighted by molar-refractivity contribution is 5.32. The molecular weight excluding hydrogens is 240 g/mol. The van der Waals surface area contributed by atoms with Crippen molar-refractivity contribution in [2.45, 2.75) is 12.5 Å². The van der Waals surface area contributed by atoms with Gasteiger partial charge in [-0.3, -0.25) is 9.97 Å². The molecule has 1 aliphatic heterocycles. The maximum atomic E-state index is 5.59.